The molecule has 2 aromatic heterocycles. The topological polar surface area (TPSA) is 106 Å². The maximum atomic E-state index is 12.6. The lowest BCUT2D eigenvalue weighted by Gasteiger charge is -2.41. The Morgan fingerprint density at radius 3 is 2.33 bits per heavy atom. The number of rotatable bonds is 4. The largest absolute Gasteiger partial charge is 0.444 e. The number of nitrogens with two attached hydrogens (primary N) is 1. The summed E-state index contributed by atoms with van der Waals surface area (Å²) in [5, 5.41) is 6.33. The molecule has 1 atom stereocenters. The molecule has 9 heteroatoms. The van der Waals surface area contributed by atoms with Crippen molar-refractivity contribution in [2.45, 2.75) is 39.3 Å². The minimum atomic E-state index is -0.508. The van der Waals surface area contributed by atoms with Crippen molar-refractivity contribution in [2.75, 3.05) is 24.5 Å². The molecular weight excluding hydrogens is 528 g/mol. The Kier molecular flexibility index (Phi) is 6.80. The maximum Gasteiger partial charge on any atom is 0.410 e. The molecule has 9 nitrogen and oxygen atoms in total. The van der Waals surface area contributed by atoms with Gasteiger partial charge in [0.2, 0.25) is 5.91 Å². The van der Waals surface area contributed by atoms with Crippen molar-refractivity contribution in [3.63, 3.8) is 0 Å². The monoisotopic (exact) mass is 562 g/mol. The average molecular weight is 563 g/mol. The van der Waals surface area contributed by atoms with E-state index in [0.29, 0.717) is 12.1 Å². The predicted molar refractivity (Wildman–Crippen MR) is 164 cm³/mol. The van der Waals surface area contributed by atoms with Crippen molar-refractivity contribution in [1.29, 1.82) is 0 Å². The van der Waals surface area contributed by atoms with Crippen LogP contribution in [0.4, 0.5) is 10.5 Å². The van der Waals surface area contributed by atoms with Crippen LogP contribution in [0, 0.1) is 0 Å². The number of anilines is 1. The normalized spacial score (nSPS) is 15.8. The minimum absolute atomic E-state index is 0.0398. The number of benzene rings is 3. The second kappa shape index (κ2) is 10.5. The molecule has 1 aliphatic heterocycles. The Labute approximate surface area is 244 Å². The number of primary amides is 1. The van der Waals surface area contributed by atoms with Gasteiger partial charge in [0.15, 0.2) is 5.65 Å². The van der Waals surface area contributed by atoms with E-state index in [4.69, 9.17) is 15.5 Å². The van der Waals surface area contributed by atoms with Crippen LogP contribution in [-0.4, -0.2) is 62.8 Å². The lowest BCUT2D eigenvalue weighted by Crippen LogP contribution is -2.55. The Bertz CT molecular complexity index is 1800. The third-order valence-electron chi connectivity index (χ3n) is 7.66. The van der Waals surface area contributed by atoms with Crippen LogP contribution >= 0.6 is 0 Å². The predicted octanol–water partition coefficient (Wildman–Crippen LogP) is 5.76. The van der Waals surface area contributed by atoms with Crippen molar-refractivity contribution >= 4 is 34.1 Å². The highest BCUT2D eigenvalue weighted by atomic mass is 16.6. The van der Waals surface area contributed by atoms with E-state index in [9.17, 15) is 9.59 Å². The summed E-state index contributed by atoms with van der Waals surface area (Å²) in [6.45, 7) is 9.80. The molecule has 1 saturated heterocycles. The van der Waals surface area contributed by atoms with Crippen LogP contribution in [0.25, 0.3) is 38.7 Å². The van der Waals surface area contributed by atoms with Crippen LogP contribution < -0.4 is 10.6 Å². The molecule has 1 aliphatic rings. The van der Waals surface area contributed by atoms with Gasteiger partial charge in [-0.15, -0.1) is 0 Å². The van der Waals surface area contributed by atoms with Crippen molar-refractivity contribution in [2.24, 2.45) is 5.73 Å². The van der Waals surface area contributed by atoms with Gasteiger partial charge in [-0.2, -0.15) is 5.10 Å². The number of carbonyl (C=O) groups excluding carboxylic acids is 2. The Hall–Kier alpha value is -4.92. The summed E-state index contributed by atoms with van der Waals surface area (Å²) in [7, 11) is 0. The summed E-state index contributed by atoms with van der Waals surface area (Å²) >= 11 is 0. The minimum Gasteiger partial charge on any atom is -0.444 e. The molecule has 0 spiro atoms. The summed E-state index contributed by atoms with van der Waals surface area (Å²) in [4.78, 5) is 33.5. The van der Waals surface area contributed by atoms with Gasteiger partial charge in [0.25, 0.3) is 0 Å². The summed E-state index contributed by atoms with van der Waals surface area (Å²) < 4.78 is 7.37. The third-order valence-corrected chi connectivity index (χ3v) is 7.66. The fourth-order valence-electron chi connectivity index (χ4n) is 5.61. The number of hydrogen-bond donors (Lipinski definition) is 1. The van der Waals surface area contributed by atoms with Gasteiger partial charge < -0.3 is 20.3 Å². The molecule has 3 heterocycles. The van der Waals surface area contributed by atoms with Gasteiger partial charge in [-0.05, 0) is 67.8 Å². The zero-order valence-electron chi connectivity index (χ0n) is 24.2. The standard InChI is InChI=1S/C33H34N6O3/c1-21-19-37(15-16-38(21)32(41)42-33(2,3)4)24-11-9-22(10-12-24)23-17-35-31-29(18-36-39(31)20-23)27-13-14-28(30(34)40)26-8-6-5-7-25(26)27/h5-14,17-18,20-21H,15-16,19H2,1-4H3,(H2,34,40)/t21-/m0/s1. The SMILES string of the molecule is C[C@H]1CN(c2ccc(-c3cnc4c(-c5ccc(C(N)=O)c6ccccc56)cnn4c3)cc2)CCN1C(=O)OC(C)(C)C. The molecule has 214 valence electrons. The van der Waals surface area contributed by atoms with Crippen LogP contribution in [0.5, 0.6) is 0 Å². The highest BCUT2D eigenvalue weighted by Gasteiger charge is 2.31. The Balaban J connectivity index is 1.22. The zero-order valence-corrected chi connectivity index (χ0v) is 24.2. The van der Waals surface area contributed by atoms with E-state index >= 15 is 0 Å². The average Bonchev–Trinajstić information content (AvgIpc) is 3.38. The lowest BCUT2D eigenvalue weighted by atomic mass is 9.96. The molecular formula is C33H34N6O3. The van der Waals surface area contributed by atoms with Gasteiger partial charge in [-0.1, -0.05) is 42.5 Å². The molecule has 0 saturated carbocycles. The fraction of sp³-hybridized carbons (Fsp3) is 0.273. The van der Waals surface area contributed by atoms with Crippen molar-refractivity contribution in [1.82, 2.24) is 19.5 Å². The first-order chi connectivity index (χ1) is 20.1. The first-order valence-electron chi connectivity index (χ1n) is 14.1. The number of carbonyl (C=O) groups is 2. The molecule has 0 radical (unpaired) electrons. The van der Waals surface area contributed by atoms with Crippen LogP contribution in [0.3, 0.4) is 0 Å². The second-order valence-corrected chi connectivity index (χ2v) is 11.8. The van der Waals surface area contributed by atoms with Crippen molar-refractivity contribution in [3.8, 4) is 22.3 Å². The Morgan fingerprint density at radius 2 is 1.64 bits per heavy atom. The van der Waals surface area contributed by atoms with Gasteiger partial charge in [-0.3, -0.25) is 4.79 Å². The maximum absolute atomic E-state index is 12.6. The van der Waals surface area contributed by atoms with Gasteiger partial charge in [0.1, 0.15) is 5.60 Å². The van der Waals surface area contributed by atoms with Crippen LogP contribution in [-0.2, 0) is 4.74 Å². The van der Waals surface area contributed by atoms with E-state index in [0.717, 1.165) is 57.5 Å². The molecule has 1 fully saturated rings. The summed E-state index contributed by atoms with van der Waals surface area (Å²) in [6, 6.07) is 19.8. The fourth-order valence-corrected chi connectivity index (χ4v) is 5.61. The van der Waals surface area contributed by atoms with Gasteiger partial charge in [-0.25, -0.2) is 14.3 Å². The van der Waals surface area contributed by atoms with E-state index in [2.05, 4.69) is 41.2 Å². The van der Waals surface area contributed by atoms with Crippen LogP contribution in [0.2, 0.25) is 0 Å². The molecule has 5 aromatic rings. The number of ether oxygens (including phenoxy) is 1. The number of piperazine rings is 1. The number of amides is 2. The van der Waals surface area contributed by atoms with E-state index in [1.165, 1.54) is 0 Å². The summed E-state index contributed by atoms with van der Waals surface area (Å²) in [6.07, 6.45) is 5.38. The van der Waals surface area contributed by atoms with Gasteiger partial charge in [0, 0.05) is 60.4 Å². The molecule has 42 heavy (non-hydrogen) atoms. The first-order valence-corrected chi connectivity index (χ1v) is 14.1. The van der Waals surface area contributed by atoms with E-state index in [-0.39, 0.29) is 12.1 Å². The zero-order chi connectivity index (χ0) is 29.6. The second-order valence-electron chi connectivity index (χ2n) is 11.8. The lowest BCUT2D eigenvalue weighted by molar-refractivity contribution is 0.0159. The highest BCUT2D eigenvalue weighted by molar-refractivity contribution is 6.11. The number of nitrogens with zero attached hydrogens (tertiary/aromatic N) is 5. The number of aromatic nitrogens is 3. The number of fused-ring (bicyclic) bond motifs is 2. The van der Waals surface area contributed by atoms with Crippen LogP contribution in [0.15, 0.2) is 79.3 Å². The third kappa shape index (κ3) is 5.13. The molecule has 3 aromatic carbocycles. The molecule has 6 rings (SSSR count). The molecule has 2 amide bonds. The number of hydrogen-bond acceptors (Lipinski definition) is 6. The van der Waals surface area contributed by atoms with Crippen LogP contribution in [0.1, 0.15) is 38.1 Å². The molecule has 0 aliphatic carbocycles. The van der Waals surface area contributed by atoms with Crippen molar-refractivity contribution < 1.29 is 14.3 Å². The van der Waals surface area contributed by atoms with Gasteiger partial charge in [0.05, 0.1) is 6.20 Å². The smallest absolute Gasteiger partial charge is 0.410 e. The summed E-state index contributed by atoms with van der Waals surface area (Å²) in [5.74, 6) is -0.455. The summed E-state index contributed by atoms with van der Waals surface area (Å²) in [5.41, 5.74) is 11.2. The Morgan fingerprint density at radius 1 is 0.905 bits per heavy atom. The molecule has 0 bridgehead atoms. The molecule has 0 unspecified atom stereocenters. The first kappa shape index (κ1) is 27.3. The quantitative estimate of drug-likeness (QED) is 0.299. The van der Waals surface area contributed by atoms with Gasteiger partial charge >= 0.3 is 6.09 Å². The van der Waals surface area contributed by atoms with E-state index < -0.39 is 11.5 Å². The van der Waals surface area contributed by atoms with E-state index in [1.807, 2.05) is 68.4 Å². The molecule has 2 N–H and O–H groups in total. The highest BCUT2D eigenvalue weighted by Crippen LogP contribution is 2.33. The van der Waals surface area contributed by atoms with E-state index in [1.54, 1.807) is 16.8 Å². The van der Waals surface area contributed by atoms with Crippen molar-refractivity contribution in [3.05, 3.63) is 84.8 Å².